The van der Waals surface area contributed by atoms with Gasteiger partial charge in [-0.2, -0.15) is 0 Å². The highest BCUT2D eigenvalue weighted by molar-refractivity contribution is 9.10. The minimum Gasteiger partial charge on any atom is -0.375 e. The summed E-state index contributed by atoms with van der Waals surface area (Å²) in [5, 5.41) is 3.02. The highest BCUT2D eigenvalue weighted by atomic mass is 79.9. The quantitative estimate of drug-likeness (QED) is 0.826. The third kappa shape index (κ3) is 2.70. The summed E-state index contributed by atoms with van der Waals surface area (Å²) in [4.78, 5) is 5.19. The molecule has 0 bridgehead atoms. The Hall–Kier alpha value is -1.01. The molecule has 1 aromatic heterocycles. The summed E-state index contributed by atoms with van der Waals surface area (Å²) in [6.07, 6.45) is 0. The van der Waals surface area contributed by atoms with E-state index < -0.39 is 11.6 Å². The maximum Gasteiger partial charge on any atom is 0.149 e. The third-order valence-electron chi connectivity index (χ3n) is 2.56. The fraction of sp³-hybridized carbons (Fsp3) is 0.250. The van der Waals surface area contributed by atoms with Crippen molar-refractivity contribution in [1.29, 1.82) is 0 Å². The molecule has 0 fully saturated rings. The van der Waals surface area contributed by atoms with E-state index in [4.69, 9.17) is 0 Å². The first-order chi connectivity index (χ1) is 8.49. The number of thiazole rings is 1. The largest absolute Gasteiger partial charge is 0.375 e. The average molecular weight is 333 g/mol. The molecular formula is C12H11BrF2N2S. The highest BCUT2D eigenvalue weighted by Crippen LogP contribution is 2.29. The number of rotatable bonds is 3. The van der Waals surface area contributed by atoms with Crippen molar-refractivity contribution in [1.82, 2.24) is 4.98 Å². The Morgan fingerprint density at radius 3 is 2.67 bits per heavy atom. The van der Waals surface area contributed by atoms with E-state index in [9.17, 15) is 8.78 Å². The number of anilines is 1. The lowest BCUT2D eigenvalue weighted by molar-refractivity contribution is 0.579. The van der Waals surface area contributed by atoms with Crippen LogP contribution in [0.1, 0.15) is 23.5 Å². The van der Waals surface area contributed by atoms with Crippen LogP contribution in [0.2, 0.25) is 0 Å². The van der Waals surface area contributed by atoms with E-state index in [2.05, 4.69) is 26.2 Å². The lowest BCUT2D eigenvalue weighted by atomic mass is 10.2. The first kappa shape index (κ1) is 13.4. The Kier molecular flexibility index (Phi) is 3.97. The zero-order valence-corrected chi connectivity index (χ0v) is 12.2. The molecule has 2 aromatic rings. The van der Waals surface area contributed by atoms with E-state index in [1.807, 2.05) is 13.8 Å². The van der Waals surface area contributed by atoms with E-state index in [1.165, 1.54) is 17.4 Å². The number of hydrogen-bond donors (Lipinski definition) is 1. The Labute approximate surface area is 116 Å². The lowest BCUT2D eigenvalue weighted by Gasteiger charge is -2.15. The number of halogens is 3. The number of aryl methyl sites for hydroxylation is 1. The van der Waals surface area contributed by atoms with Crippen molar-refractivity contribution in [2.24, 2.45) is 0 Å². The van der Waals surface area contributed by atoms with Crippen molar-refractivity contribution in [3.63, 3.8) is 0 Å². The normalized spacial score (nSPS) is 12.5. The van der Waals surface area contributed by atoms with Gasteiger partial charge in [-0.25, -0.2) is 13.8 Å². The highest BCUT2D eigenvalue weighted by Gasteiger charge is 2.14. The van der Waals surface area contributed by atoms with E-state index in [1.54, 1.807) is 5.51 Å². The Bertz CT molecular complexity index is 571. The zero-order chi connectivity index (χ0) is 13.3. The zero-order valence-electron chi connectivity index (χ0n) is 9.80. The van der Waals surface area contributed by atoms with E-state index in [0.29, 0.717) is 0 Å². The first-order valence-electron chi connectivity index (χ1n) is 5.30. The van der Waals surface area contributed by atoms with Gasteiger partial charge in [0.15, 0.2) is 0 Å². The van der Waals surface area contributed by atoms with Gasteiger partial charge in [0.25, 0.3) is 0 Å². The Morgan fingerprint density at radius 1 is 1.33 bits per heavy atom. The van der Waals surface area contributed by atoms with Crippen LogP contribution < -0.4 is 5.32 Å². The third-order valence-corrected chi connectivity index (χ3v) is 4.28. The van der Waals surface area contributed by atoms with Crippen LogP contribution in [0, 0.1) is 18.6 Å². The Balaban J connectivity index is 2.24. The number of aromatic nitrogens is 1. The number of hydrogen-bond acceptors (Lipinski definition) is 3. The van der Waals surface area contributed by atoms with Gasteiger partial charge in [-0.3, -0.25) is 0 Å². The molecule has 2 nitrogen and oxygen atoms in total. The van der Waals surface area contributed by atoms with Crippen LogP contribution in [0.5, 0.6) is 0 Å². The van der Waals surface area contributed by atoms with Crippen LogP contribution in [0.25, 0.3) is 0 Å². The standard InChI is InChI=1S/C12H11BrF2N2S/c1-6-12(18-5-16-6)7(2)17-11-3-8(13)9(14)4-10(11)15/h3-5,7,17H,1-2H3. The van der Waals surface area contributed by atoms with Gasteiger partial charge in [-0.05, 0) is 35.8 Å². The fourth-order valence-electron chi connectivity index (χ4n) is 1.66. The predicted molar refractivity (Wildman–Crippen MR) is 72.9 cm³/mol. The summed E-state index contributed by atoms with van der Waals surface area (Å²) in [5.74, 6) is -1.22. The van der Waals surface area contributed by atoms with Gasteiger partial charge in [-0.1, -0.05) is 0 Å². The molecule has 0 aliphatic heterocycles. The molecule has 0 aliphatic carbocycles. The summed E-state index contributed by atoms with van der Waals surface area (Å²) in [5.41, 5.74) is 2.94. The molecule has 1 heterocycles. The lowest BCUT2D eigenvalue weighted by Crippen LogP contribution is -2.08. The molecule has 0 radical (unpaired) electrons. The van der Waals surface area contributed by atoms with Crippen molar-refractivity contribution in [2.45, 2.75) is 19.9 Å². The van der Waals surface area contributed by atoms with Crippen molar-refractivity contribution < 1.29 is 8.78 Å². The van der Waals surface area contributed by atoms with Gasteiger partial charge in [0.1, 0.15) is 11.6 Å². The van der Waals surface area contributed by atoms with Crippen LogP contribution >= 0.6 is 27.3 Å². The molecule has 1 unspecified atom stereocenters. The monoisotopic (exact) mass is 332 g/mol. The summed E-state index contributed by atoms with van der Waals surface area (Å²) < 4.78 is 26.9. The summed E-state index contributed by atoms with van der Waals surface area (Å²) in [6, 6.07) is 2.18. The van der Waals surface area contributed by atoms with Crippen molar-refractivity contribution in [3.05, 3.63) is 44.3 Å². The minimum atomic E-state index is -0.611. The molecule has 0 saturated carbocycles. The van der Waals surface area contributed by atoms with Crippen LogP contribution in [0.3, 0.4) is 0 Å². The first-order valence-corrected chi connectivity index (χ1v) is 6.97. The van der Waals surface area contributed by atoms with E-state index in [-0.39, 0.29) is 16.2 Å². The smallest absolute Gasteiger partial charge is 0.149 e. The molecule has 0 spiro atoms. The van der Waals surface area contributed by atoms with Crippen molar-refractivity contribution >= 4 is 33.0 Å². The van der Waals surface area contributed by atoms with Gasteiger partial charge in [-0.15, -0.1) is 11.3 Å². The fourth-order valence-corrected chi connectivity index (χ4v) is 2.81. The second kappa shape index (κ2) is 5.32. The number of benzene rings is 1. The van der Waals surface area contributed by atoms with E-state index >= 15 is 0 Å². The Morgan fingerprint density at radius 2 is 2.06 bits per heavy atom. The molecule has 1 aromatic carbocycles. The maximum atomic E-state index is 13.6. The van der Waals surface area contributed by atoms with Gasteiger partial charge >= 0.3 is 0 Å². The van der Waals surface area contributed by atoms with Gasteiger partial charge < -0.3 is 5.32 Å². The van der Waals surface area contributed by atoms with Crippen molar-refractivity contribution in [2.75, 3.05) is 5.32 Å². The summed E-state index contributed by atoms with van der Waals surface area (Å²) in [6.45, 7) is 3.82. The molecule has 1 atom stereocenters. The van der Waals surface area contributed by atoms with Crippen molar-refractivity contribution in [3.8, 4) is 0 Å². The minimum absolute atomic E-state index is 0.0793. The SMILES string of the molecule is Cc1ncsc1C(C)Nc1cc(Br)c(F)cc1F. The van der Waals surface area contributed by atoms with E-state index in [0.717, 1.165) is 16.6 Å². The molecule has 1 N–H and O–H groups in total. The molecule has 0 saturated heterocycles. The average Bonchev–Trinajstić information content (AvgIpc) is 2.72. The molecule has 96 valence electrons. The predicted octanol–water partition coefficient (Wildman–Crippen LogP) is 4.67. The maximum absolute atomic E-state index is 13.6. The molecule has 6 heteroatoms. The molecule has 18 heavy (non-hydrogen) atoms. The second-order valence-corrected chi connectivity index (χ2v) is 5.65. The topological polar surface area (TPSA) is 24.9 Å². The summed E-state index contributed by atoms with van der Waals surface area (Å²) in [7, 11) is 0. The van der Waals surface area contributed by atoms with Crippen LogP contribution in [-0.4, -0.2) is 4.98 Å². The summed E-state index contributed by atoms with van der Waals surface area (Å²) >= 11 is 4.55. The van der Waals surface area contributed by atoms with Crippen LogP contribution in [0.15, 0.2) is 22.1 Å². The molecule has 0 aliphatic rings. The number of nitrogens with one attached hydrogen (secondary N) is 1. The van der Waals surface area contributed by atoms with Gasteiger partial charge in [0.2, 0.25) is 0 Å². The molecule has 0 amide bonds. The number of nitrogens with zero attached hydrogens (tertiary/aromatic N) is 1. The van der Waals surface area contributed by atoms with Gasteiger partial charge in [0.05, 0.1) is 27.4 Å². The molecule has 2 rings (SSSR count). The second-order valence-electron chi connectivity index (χ2n) is 3.91. The van der Waals surface area contributed by atoms with Crippen LogP contribution in [-0.2, 0) is 0 Å². The van der Waals surface area contributed by atoms with Crippen LogP contribution in [0.4, 0.5) is 14.5 Å². The van der Waals surface area contributed by atoms with Gasteiger partial charge in [0, 0.05) is 10.9 Å². The molecular weight excluding hydrogens is 322 g/mol.